The van der Waals surface area contributed by atoms with Crippen molar-refractivity contribution in [3.8, 4) is 0 Å². The topological polar surface area (TPSA) is 65.1 Å². The predicted octanol–water partition coefficient (Wildman–Crippen LogP) is 3.81. The summed E-state index contributed by atoms with van der Waals surface area (Å²) >= 11 is 0. The first kappa shape index (κ1) is 22.0. The van der Waals surface area contributed by atoms with Crippen molar-refractivity contribution in [3.05, 3.63) is 0 Å². The number of hydrogen-bond donors (Lipinski definition) is 0. The Balaban J connectivity index is 3.06. The maximum Gasteiger partial charge on any atom is 0.411 e. The van der Waals surface area contributed by atoms with E-state index in [1.54, 1.807) is 20.8 Å². The number of ether oxygens (including phenoxy) is 2. The van der Waals surface area contributed by atoms with Gasteiger partial charge in [0.15, 0.2) is 8.32 Å². The number of esters is 1. The van der Waals surface area contributed by atoms with E-state index in [-0.39, 0.29) is 17.1 Å². The van der Waals surface area contributed by atoms with Gasteiger partial charge in [-0.2, -0.15) is 0 Å². The van der Waals surface area contributed by atoms with Crippen LogP contribution >= 0.6 is 0 Å². The smallest absolute Gasteiger partial charge is 0.411 e. The Morgan fingerprint density at radius 3 is 2.00 bits per heavy atom. The van der Waals surface area contributed by atoms with Gasteiger partial charge in [-0.15, -0.1) is 0 Å². The summed E-state index contributed by atoms with van der Waals surface area (Å²) in [5.41, 5.74) is -0.626. The normalized spacial score (nSPS) is 25.0. The fraction of sp³-hybridized carbons (Fsp3) is 0.889. The first-order valence-corrected chi connectivity index (χ1v) is 11.8. The van der Waals surface area contributed by atoms with Crippen molar-refractivity contribution < 1.29 is 23.5 Å². The SMILES string of the molecule is COC(=O)C1C(C)C(O[Si](C)(C)C(C)(C)C)CN1C(=O)OC(C)(C)C. The highest BCUT2D eigenvalue weighted by atomic mass is 28.4. The average Bonchev–Trinajstić information content (AvgIpc) is 2.72. The molecule has 146 valence electrons. The largest absolute Gasteiger partial charge is 0.467 e. The van der Waals surface area contributed by atoms with Crippen molar-refractivity contribution in [3.63, 3.8) is 0 Å². The first-order valence-electron chi connectivity index (χ1n) is 8.86. The molecule has 1 rings (SSSR count). The van der Waals surface area contributed by atoms with E-state index in [0.29, 0.717) is 6.54 Å². The zero-order valence-electron chi connectivity index (χ0n) is 17.4. The van der Waals surface area contributed by atoms with E-state index in [1.165, 1.54) is 12.0 Å². The highest BCUT2D eigenvalue weighted by Gasteiger charge is 2.51. The maximum absolute atomic E-state index is 12.6. The third kappa shape index (κ3) is 5.20. The van der Waals surface area contributed by atoms with Crippen LogP contribution in [0.4, 0.5) is 4.79 Å². The van der Waals surface area contributed by atoms with Crippen LogP contribution in [0.1, 0.15) is 48.5 Å². The molecule has 6 nitrogen and oxygen atoms in total. The minimum absolute atomic E-state index is 0.0484. The molecular weight excluding hydrogens is 338 g/mol. The summed E-state index contributed by atoms with van der Waals surface area (Å²) < 4.78 is 16.9. The van der Waals surface area contributed by atoms with Crippen LogP contribution in [0.15, 0.2) is 0 Å². The van der Waals surface area contributed by atoms with Crippen LogP contribution in [-0.2, 0) is 18.7 Å². The Labute approximate surface area is 153 Å². The Bertz CT molecular complexity index is 507. The molecule has 0 saturated carbocycles. The summed E-state index contributed by atoms with van der Waals surface area (Å²) in [5.74, 6) is -0.589. The number of likely N-dealkylation sites (tertiary alicyclic amines) is 1. The summed E-state index contributed by atoms with van der Waals surface area (Å²) in [4.78, 5) is 26.4. The molecule has 7 heteroatoms. The minimum atomic E-state index is -2.03. The number of methoxy groups -OCH3 is 1. The van der Waals surface area contributed by atoms with Crippen molar-refractivity contribution in [2.75, 3.05) is 13.7 Å². The van der Waals surface area contributed by atoms with Gasteiger partial charge >= 0.3 is 12.1 Å². The minimum Gasteiger partial charge on any atom is -0.467 e. The second-order valence-electron chi connectivity index (χ2n) is 9.38. The second kappa shape index (κ2) is 7.27. The fourth-order valence-electron chi connectivity index (χ4n) is 2.63. The fourth-order valence-corrected chi connectivity index (χ4v) is 4.03. The van der Waals surface area contributed by atoms with Crippen molar-refractivity contribution in [1.82, 2.24) is 4.90 Å². The van der Waals surface area contributed by atoms with Crippen molar-refractivity contribution in [1.29, 1.82) is 0 Å². The second-order valence-corrected chi connectivity index (χ2v) is 14.1. The van der Waals surface area contributed by atoms with Crippen molar-refractivity contribution >= 4 is 20.4 Å². The van der Waals surface area contributed by atoms with Gasteiger partial charge in [0.2, 0.25) is 0 Å². The maximum atomic E-state index is 12.6. The summed E-state index contributed by atoms with van der Waals surface area (Å²) in [6.45, 7) is 18.5. The Morgan fingerprint density at radius 2 is 1.60 bits per heavy atom. The molecule has 1 aliphatic rings. The van der Waals surface area contributed by atoms with Gasteiger partial charge in [-0.3, -0.25) is 4.90 Å². The van der Waals surface area contributed by atoms with Crippen LogP contribution in [0.3, 0.4) is 0 Å². The number of carbonyl (C=O) groups excluding carboxylic acids is 2. The number of nitrogens with zero attached hydrogens (tertiary/aromatic N) is 1. The standard InChI is InChI=1S/C18H35NO5Si/c1-12-13(24-25(9,10)18(5,6)7)11-19(14(12)15(20)22-8)16(21)23-17(2,3)4/h12-14H,11H2,1-10H3. The van der Waals surface area contributed by atoms with Gasteiger partial charge in [0.25, 0.3) is 0 Å². The monoisotopic (exact) mass is 373 g/mol. The zero-order chi connectivity index (χ0) is 19.8. The van der Waals surface area contributed by atoms with Crippen LogP contribution in [0, 0.1) is 5.92 Å². The van der Waals surface area contributed by atoms with Gasteiger partial charge in [-0.05, 0) is 38.9 Å². The van der Waals surface area contributed by atoms with E-state index in [4.69, 9.17) is 13.9 Å². The molecule has 0 aromatic heterocycles. The lowest BCUT2D eigenvalue weighted by atomic mass is 10.0. The van der Waals surface area contributed by atoms with Crippen molar-refractivity contribution in [2.24, 2.45) is 5.92 Å². The molecule has 1 aliphatic heterocycles. The summed E-state index contributed by atoms with van der Waals surface area (Å²) in [6.07, 6.45) is -0.714. The quantitative estimate of drug-likeness (QED) is 0.556. The Morgan fingerprint density at radius 1 is 1.08 bits per heavy atom. The van der Waals surface area contributed by atoms with E-state index >= 15 is 0 Å². The van der Waals surface area contributed by atoms with Gasteiger partial charge in [-0.25, -0.2) is 9.59 Å². The Kier molecular flexibility index (Phi) is 6.38. The van der Waals surface area contributed by atoms with Crippen LogP contribution in [-0.4, -0.2) is 56.7 Å². The lowest BCUT2D eigenvalue weighted by Crippen LogP contribution is -2.46. The lowest BCUT2D eigenvalue weighted by Gasteiger charge is -2.39. The van der Waals surface area contributed by atoms with Gasteiger partial charge < -0.3 is 13.9 Å². The third-order valence-corrected chi connectivity index (χ3v) is 9.62. The lowest BCUT2D eigenvalue weighted by molar-refractivity contribution is -0.147. The Hall–Kier alpha value is -1.08. The van der Waals surface area contributed by atoms with Gasteiger partial charge in [0, 0.05) is 5.92 Å². The van der Waals surface area contributed by atoms with Gasteiger partial charge in [0.05, 0.1) is 19.8 Å². The van der Waals surface area contributed by atoms with Gasteiger partial charge in [-0.1, -0.05) is 27.7 Å². The number of hydrogen-bond acceptors (Lipinski definition) is 5. The molecule has 0 N–H and O–H groups in total. The highest BCUT2D eigenvalue weighted by Crippen LogP contribution is 2.40. The predicted molar refractivity (Wildman–Crippen MR) is 100.0 cm³/mol. The summed E-state index contributed by atoms with van der Waals surface area (Å²) in [5, 5.41) is 0.0484. The molecular formula is C18H35NO5Si. The van der Waals surface area contributed by atoms with E-state index in [9.17, 15) is 9.59 Å². The van der Waals surface area contributed by atoms with E-state index in [0.717, 1.165) is 0 Å². The van der Waals surface area contributed by atoms with E-state index in [2.05, 4.69) is 33.9 Å². The molecule has 0 aromatic rings. The molecule has 1 fully saturated rings. The van der Waals surface area contributed by atoms with E-state index < -0.39 is 32.0 Å². The van der Waals surface area contributed by atoms with Crippen molar-refractivity contribution in [2.45, 2.75) is 84.3 Å². The molecule has 1 amide bonds. The molecule has 25 heavy (non-hydrogen) atoms. The van der Waals surface area contributed by atoms with Crippen LogP contribution in [0.2, 0.25) is 18.1 Å². The molecule has 0 aliphatic carbocycles. The van der Waals surface area contributed by atoms with Crippen LogP contribution in [0.25, 0.3) is 0 Å². The molecule has 0 bridgehead atoms. The number of rotatable bonds is 3. The highest BCUT2D eigenvalue weighted by molar-refractivity contribution is 6.74. The van der Waals surface area contributed by atoms with Crippen LogP contribution < -0.4 is 0 Å². The summed E-state index contributed by atoms with van der Waals surface area (Å²) in [7, 11) is -0.691. The zero-order valence-corrected chi connectivity index (χ0v) is 18.4. The molecule has 0 spiro atoms. The average molecular weight is 374 g/mol. The van der Waals surface area contributed by atoms with E-state index in [1.807, 2.05) is 6.92 Å². The first-order chi connectivity index (χ1) is 11.1. The third-order valence-electron chi connectivity index (χ3n) is 5.12. The molecule has 1 saturated heterocycles. The molecule has 1 heterocycles. The summed E-state index contributed by atoms with van der Waals surface area (Å²) in [6, 6.07) is -0.686. The van der Waals surface area contributed by atoms with Crippen LogP contribution in [0.5, 0.6) is 0 Å². The number of amides is 1. The number of carbonyl (C=O) groups is 2. The molecule has 0 radical (unpaired) electrons. The molecule has 0 aromatic carbocycles. The van der Waals surface area contributed by atoms with Gasteiger partial charge in [0.1, 0.15) is 11.6 Å². The molecule has 3 atom stereocenters. The molecule has 3 unspecified atom stereocenters.